The zero-order valence-electron chi connectivity index (χ0n) is 12.4. The minimum atomic E-state index is -1.02. The highest BCUT2D eigenvalue weighted by Gasteiger charge is 2.09. The molecular weight excluding hydrogens is 316 g/mol. The van der Waals surface area contributed by atoms with E-state index in [9.17, 15) is 10.2 Å². The van der Waals surface area contributed by atoms with E-state index in [1.807, 2.05) is 19.1 Å². The molecule has 20 heavy (non-hydrogen) atoms. The second-order valence-corrected chi connectivity index (χ2v) is 6.62. The van der Waals surface area contributed by atoms with Crippen LogP contribution in [0.15, 0.2) is 16.6 Å². The van der Waals surface area contributed by atoms with Gasteiger partial charge in [0, 0.05) is 15.6 Å². The second kappa shape index (κ2) is 6.02. The predicted molar refractivity (Wildman–Crippen MR) is 85.2 cm³/mol. The molecule has 0 spiro atoms. The summed E-state index contributed by atoms with van der Waals surface area (Å²) in [6, 6.07) is 3.79. The molecule has 0 radical (unpaired) electrons. The van der Waals surface area contributed by atoms with E-state index < -0.39 is 11.2 Å². The highest BCUT2D eigenvalue weighted by molar-refractivity contribution is 9.10. The first-order chi connectivity index (χ1) is 8.98. The molecule has 0 aliphatic heterocycles. The van der Waals surface area contributed by atoms with Crippen molar-refractivity contribution in [3.63, 3.8) is 0 Å². The summed E-state index contributed by atoms with van der Waals surface area (Å²) in [5.41, 5.74) is 0.585. The molecule has 2 nitrogen and oxygen atoms in total. The van der Waals surface area contributed by atoms with Crippen molar-refractivity contribution in [2.75, 3.05) is 0 Å². The van der Waals surface area contributed by atoms with Crippen LogP contribution in [0.4, 0.5) is 0 Å². The van der Waals surface area contributed by atoms with Gasteiger partial charge >= 0.3 is 0 Å². The lowest BCUT2D eigenvalue weighted by Crippen LogP contribution is -2.14. The van der Waals surface area contributed by atoms with Gasteiger partial charge in [0.15, 0.2) is 0 Å². The summed E-state index contributed by atoms with van der Waals surface area (Å²) < 4.78 is 0.819. The molecule has 0 amide bonds. The molecule has 0 saturated carbocycles. The SMILES string of the molecule is Cc1cc(C#CC(C)(C)O)c(Br)cc1C#CC(C)(C)O. The molecule has 0 saturated heterocycles. The van der Waals surface area contributed by atoms with Gasteiger partial charge in [-0.1, -0.05) is 23.7 Å². The molecule has 0 aromatic heterocycles. The number of hydrogen-bond donors (Lipinski definition) is 2. The van der Waals surface area contributed by atoms with Crippen LogP contribution in [-0.4, -0.2) is 21.4 Å². The molecule has 1 aromatic carbocycles. The Morgan fingerprint density at radius 3 is 1.80 bits per heavy atom. The Labute approximate surface area is 129 Å². The van der Waals surface area contributed by atoms with Gasteiger partial charge in [0.1, 0.15) is 11.2 Å². The summed E-state index contributed by atoms with van der Waals surface area (Å²) in [6.07, 6.45) is 0. The lowest BCUT2D eigenvalue weighted by atomic mass is 10.0. The zero-order valence-corrected chi connectivity index (χ0v) is 14.0. The van der Waals surface area contributed by atoms with Gasteiger partial charge in [-0.2, -0.15) is 0 Å². The van der Waals surface area contributed by atoms with Crippen molar-refractivity contribution in [1.82, 2.24) is 0 Å². The third-order valence-corrected chi connectivity index (χ3v) is 2.98. The van der Waals surface area contributed by atoms with E-state index in [-0.39, 0.29) is 0 Å². The topological polar surface area (TPSA) is 40.5 Å². The molecule has 0 heterocycles. The van der Waals surface area contributed by atoms with Crippen molar-refractivity contribution in [2.24, 2.45) is 0 Å². The Hall–Kier alpha value is -1.26. The number of hydrogen-bond acceptors (Lipinski definition) is 2. The summed E-state index contributed by atoms with van der Waals surface area (Å²) in [6.45, 7) is 8.52. The third kappa shape index (κ3) is 5.80. The summed E-state index contributed by atoms with van der Waals surface area (Å²) in [5.74, 6) is 11.5. The zero-order chi connectivity index (χ0) is 15.6. The van der Waals surface area contributed by atoms with E-state index in [0.29, 0.717) is 0 Å². The van der Waals surface area contributed by atoms with Crippen molar-refractivity contribution in [2.45, 2.75) is 45.8 Å². The summed E-state index contributed by atoms with van der Waals surface area (Å²) in [4.78, 5) is 0. The first-order valence-electron chi connectivity index (χ1n) is 6.29. The molecule has 2 N–H and O–H groups in total. The molecular formula is C17H19BrO2. The number of benzene rings is 1. The largest absolute Gasteiger partial charge is 0.378 e. The van der Waals surface area contributed by atoms with E-state index in [1.54, 1.807) is 27.7 Å². The normalized spacial score (nSPS) is 11.2. The molecule has 0 aliphatic rings. The Balaban J connectivity index is 3.21. The van der Waals surface area contributed by atoms with Crippen molar-refractivity contribution in [3.05, 3.63) is 33.3 Å². The van der Waals surface area contributed by atoms with E-state index in [4.69, 9.17) is 0 Å². The maximum absolute atomic E-state index is 9.63. The Bertz CT molecular complexity index is 566. The third-order valence-electron chi connectivity index (χ3n) is 2.32. The number of rotatable bonds is 0. The molecule has 106 valence electrons. The predicted octanol–water partition coefficient (Wildman–Crippen LogP) is 3.00. The Morgan fingerprint density at radius 2 is 1.35 bits per heavy atom. The van der Waals surface area contributed by atoms with E-state index >= 15 is 0 Å². The maximum Gasteiger partial charge on any atom is 0.120 e. The monoisotopic (exact) mass is 334 g/mol. The van der Waals surface area contributed by atoms with Crippen LogP contribution in [0.2, 0.25) is 0 Å². The van der Waals surface area contributed by atoms with Gasteiger partial charge in [-0.05, 0) is 68.2 Å². The van der Waals surface area contributed by atoms with Crippen LogP contribution in [0.3, 0.4) is 0 Å². The maximum atomic E-state index is 9.63. The van der Waals surface area contributed by atoms with Crippen LogP contribution in [0, 0.1) is 30.6 Å². The van der Waals surface area contributed by atoms with Crippen molar-refractivity contribution < 1.29 is 10.2 Å². The molecule has 0 atom stereocenters. The lowest BCUT2D eigenvalue weighted by Gasteiger charge is -2.08. The molecule has 1 rings (SSSR count). The quantitative estimate of drug-likeness (QED) is 0.716. The first-order valence-corrected chi connectivity index (χ1v) is 7.08. The van der Waals surface area contributed by atoms with E-state index in [0.717, 1.165) is 21.2 Å². The summed E-state index contributed by atoms with van der Waals surface area (Å²) in [5, 5.41) is 19.3. The molecule has 0 fully saturated rings. The van der Waals surface area contributed by atoms with Crippen LogP contribution >= 0.6 is 15.9 Å². The van der Waals surface area contributed by atoms with Gasteiger partial charge in [0.2, 0.25) is 0 Å². The van der Waals surface area contributed by atoms with E-state index in [2.05, 4.69) is 39.6 Å². The minimum Gasteiger partial charge on any atom is -0.378 e. The van der Waals surface area contributed by atoms with Gasteiger partial charge in [-0.15, -0.1) is 0 Å². The smallest absolute Gasteiger partial charge is 0.120 e. The molecule has 0 bridgehead atoms. The summed E-state index contributed by atoms with van der Waals surface area (Å²) in [7, 11) is 0. The van der Waals surface area contributed by atoms with Gasteiger partial charge in [0.25, 0.3) is 0 Å². The average Bonchev–Trinajstić information content (AvgIpc) is 2.25. The fourth-order valence-corrected chi connectivity index (χ4v) is 1.80. The molecule has 1 aromatic rings. The number of aryl methyl sites for hydroxylation is 1. The van der Waals surface area contributed by atoms with Gasteiger partial charge in [0.05, 0.1) is 0 Å². The van der Waals surface area contributed by atoms with Gasteiger partial charge < -0.3 is 10.2 Å². The Morgan fingerprint density at radius 1 is 0.900 bits per heavy atom. The standard InChI is InChI=1S/C17H19BrO2/c1-12-10-14(7-9-17(4,5)20)15(18)11-13(12)6-8-16(2,3)19/h10-11,19-20H,1-5H3. The molecule has 3 heteroatoms. The minimum absolute atomic E-state index is 0.804. The fourth-order valence-electron chi connectivity index (χ4n) is 1.35. The van der Waals surface area contributed by atoms with Gasteiger partial charge in [-0.25, -0.2) is 0 Å². The van der Waals surface area contributed by atoms with Gasteiger partial charge in [-0.3, -0.25) is 0 Å². The number of aliphatic hydroxyl groups is 2. The Kier molecular flexibility index (Phi) is 5.05. The molecule has 0 aliphatic carbocycles. The average molecular weight is 335 g/mol. The van der Waals surface area contributed by atoms with Crippen LogP contribution < -0.4 is 0 Å². The van der Waals surface area contributed by atoms with E-state index in [1.165, 1.54) is 0 Å². The number of halogens is 1. The second-order valence-electron chi connectivity index (χ2n) is 5.77. The molecule has 0 unspecified atom stereocenters. The van der Waals surface area contributed by atoms with Crippen LogP contribution in [0.5, 0.6) is 0 Å². The van der Waals surface area contributed by atoms with Crippen molar-refractivity contribution in [3.8, 4) is 23.7 Å². The summed E-state index contributed by atoms with van der Waals surface area (Å²) >= 11 is 3.46. The van der Waals surface area contributed by atoms with Crippen molar-refractivity contribution >= 4 is 15.9 Å². The van der Waals surface area contributed by atoms with Crippen LogP contribution in [0.25, 0.3) is 0 Å². The van der Waals surface area contributed by atoms with Crippen LogP contribution in [-0.2, 0) is 0 Å². The lowest BCUT2D eigenvalue weighted by molar-refractivity contribution is 0.143. The first kappa shape index (κ1) is 16.8. The van der Waals surface area contributed by atoms with Crippen molar-refractivity contribution in [1.29, 1.82) is 0 Å². The highest BCUT2D eigenvalue weighted by Crippen LogP contribution is 2.21. The van der Waals surface area contributed by atoms with Crippen LogP contribution in [0.1, 0.15) is 44.4 Å². The fraction of sp³-hybridized carbons (Fsp3) is 0.412. The highest BCUT2D eigenvalue weighted by atomic mass is 79.9.